The van der Waals surface area contributed by atoms with Crippen molar-refractivity contribution in [2.45, 2.75) is 19.3 Å². The van der Waals surface area contributed by atoms with Gasteiger partial charge in [-0.25, -0.2) is 4.79 Å². The van der Waals surface area contributed by atoms with Gasteiger partial charge in [-0.3, -0.25) is 10.4 Å². The van der Waals surface area contributed by atoms with Gasteiger partial charge in [0.15, 0.2) is 5.70 Å². The van der Waals surface area contributed by atoms with Crippen LogP contribution in [0.3, 0.4) is 0 Å². The summed E-state index contributed by atoms with van der Waals surface area (Å²) in [6, 6.07) is 0. The first kappa shape index (κ1) is 9.79. The second-order valence-electron chi connectivity index (χ2n) is 3.61. The van der Waals surface area contributed by atoms with E-state index in [1.807, 2.05) is 0 Å². The van der Waals surface area contributed by atoms with Crippen molar-refractivity contribution < 1.29 is 9.90 Å². The molecule has 1 fully saturated rings. The Hall–Kier alpha value is -0.750. The van der Waals surface area contributed by atoms with Gasteiger partial charge >= 0.3 is 5.97 Å². The van der Waals surface area contributed by atoms with Crippen LogP contribution in [0.4, 0.5) is 0 Å². The van der Waals surface area contributed by atoms with Gasteiger partial charge in [0.1, 0.15) is 4.61 Å². The highest BCUT2D eigenvalue weighted by Crippen LogP contribution is 2.29. The Bertz CT molecular complexity index is 288. The maximum atomic E-state index is 10.9. The quantitative estimate of drug-likeness (QED) is 0.655. The highest BCUT2D eigenvalue weighted by Gasteiger charge is 2.30. The molecule has 0 unspecified atom stereocenters. The van der Waals surface area contributed by atoms with Crippen LogP contribution in [0.1, 0.15) is 19.3 Å². The standard InChI is InChI=1S/C8H12BrN3O2/c9-7-6(8(13)14)12(11-10-7)4-5-2-1-3-5/h5,10-11H,1-4H2,(H,13,14). The van der Waals surface area contributed by atoms with Crippen molar-refractivity contribution in [1.82, 2.24) is 16.0 Å². The van der Waals surface area contributed by atoms with Crippen molar-refractivity contribution in [3.63, 3.8) is 0 Å². The molecular formula is C8H12BrN3O2. The first-order valence-electron chi connectivity index (χ1n) is 4.60. The number of nitrogens with one attached hydrogen (secondary N) is 2. The van der Waals surface area contributed by atoms with Crippen molar-refractivity contribution in [2.24, 2.45) is 5.92 Å². The molecule has 0 radical (unpaired) electrons. The van der Waals surface area contributed by atoms with Crippen LogP contribution in [-0.2, 0) is 4.79 Å². The van der Waals surface area contributed by atoms with Crippen LogP contribution in [0.2, 0.25) is 0 Å². The topological polar surface area (TPSA) is 64.6 Å². The molecule has 0 atom stereocenters. The summed E-state index contributed by atoms with van der Waals surface area (Å²) in [5, 5.41) is 10.6. The van der Waals surface area contributed by atoms with Crippen molar-refractivity contribution in [1.29, 1.82) is 0 Å². The summed E-state index contributed by atoms with van der Waals surface area (Å²) >= 11 is 3.16. The second kappa shape index (κ2) is 3.78. The fourth-order valence-electron chi connectivity index (χ4n) is 1.63. The Morgan fingerprint density at radius 1 is 1.64 bits per heavy atom. The lowest BCUT2D eigenvalue weighted by Gasteiger charge is -2.30. The minimum absolute atomic E-state index is 0.261. The molecule has 14 heavy (non-hydrogen) atoms. The number of nitrogens with zero attached hydrogens (tertiary/aromatic N) is 1. The number of rotatable bonds is 3. The first-order chi connectivity index (χ1) is 6.68. The number of carbonyl (C=O) groups is 1. The zero-order chi connectivity index (χ0) is 10.1. The van der Waals surface area contributed by atoms with Gasteiger partial charge in [-0.1, -0.05) is 6.42 Å². The molecular weight excluding hydrogens is 250 g/mol. The molecule has 3 N–H and O–H groups in total. The van der Waals surface area contributed by atoms with Gasteiger partial charge in [-0.15, -0.1) is 5.53 Å². The molecule has 78 valence electrons. The molecule has 0 bridgehead atoms. The largest absolute Gasteiger partial charge is 0.476 e. The Kier molecular flexibility index (Phi) is 2.64. The molecule has 6 heteroatoms. The number of hydrazine groups is 2. The highest BCUT2D eigenvalue weighted by atomic mass is 79.9. The molecule has 0 aromatic carbocycles. The SMILES string of the molecule is O=C(O)C1=C(Br)NNN1CC1CCC1. The van der Waals surface area contributed by atoms with Crippen molar-refractivity contribution >= 4 is 21.9 Å². The van der Waals surface area contributed by atoms with E-state index in [-0.39, 0.29) is 5.70 Å². The molecule has 0 saturated heterocycles. The van der Waals surface area contributed by atoms with E-state index in [2.05, 4.69) is 26.9 Å². The number of aliphatic carboxylic acids is 1. The zero-order valence-corrected chi connectivity index (χ0v) is 9.17. The molecule has 5 nitrogen and oxygen atoms in total. The van der Waals surface area contributed by atoms with Crippen molar-refractivity contribution in [3.8, 4) is 0 Å². The van der Waals surface area contributed by atoms with E-state index in [0.717, 1.165) is 6.54 Å². The van der Waals surface area contributed by atoms with Gasteiger partial charge in [0.2, 0.25) is 0 Å². The third-order valence-electron chi connectivity index (χ3n) is 2.65. The Morgan fingerprint density at radius 3 is 2.86 bits per heavy atom. The van der Waals surface area contributed by atoms with E-state index in [1.54, 1.807) is 5.01 Å². The normalized spacial score (nSPS) is 22.2. The van der Waals surface area contributed by atoms with Gasteiger partial charge in [0.25, 0.3) is 0 Å². The molecule has 1 aliphatic heterocycles. The molecule has 1 aliphatic carbocycles. The molecule has 0 amide bonds. The van der Waals surface area contributed by atoms with Crippen LogP contribution in [0.25, 0.3) is 0 Å². The van der Waals surface area contributed by atoms with Crippen LogP contribution in [0.5, 0.6) is 0 Å². The Balaban J connectivity index is 2.01. The molecule has 0 spiro atoms. The second-order valence-corrected chi connectivity index (χ2v) is 4.41. The summed E-state index contributed by atoms with van der Waals surface area (Å²) in [5.74, 6) is -0.300. The summed E-state index contributed by atoms with van der Waals surface area (Å²) in [7, 11) is 0. The monoisotopic (exact) mass is 261 g/mol. The van der Waals surface area contributed by atoms with Crippen molar-refractivity contribution in [3.05, 3.63) is 10.3 Å². The molecule has 1 saturated carbocycles. The lowest BCUT2D eigenvalue weighted by atomic mass is 9.85. The third-order valence-corrected chi connectivity index (χ3v) is 3.22. The number of carboxylic acid groups (broad SMARTS) is 1. The molecule has 2 aliphatic rings. The summed E-state index contributed by atoms with van der Waals surface area (Å²) in [6.07, 6.45) is 3.66. The van der Waals surface area contributed by atoms with Crippen LogP contribution >= 0.6 is 15.9 Å². The van der Waals surface area contributed by atoms with Gasteiger partial charge in [-0.05, 0) is 34.7 Å². The maximum absolute atomic E-state index is 10.9. The minimum atomic E-state index is -0.923. The molecule has 1 heterocycles. The minimum Gasteiger partial charge on any atom is -0.476 e. The van der Waals surface area contributed by atoms with Crippen molar-refractivity contribution in [2.75, 3.05) is 6.54 Å². The summed E-state index contributed by atoms with van der Waals surface area (Å²) in [5.41, 5.74) is 5.83. The van der Waals surface area contributed by atoms with E-state index in [0.29, 0.717) is 10.5 Å². The van der Waals surface area contributed by atoms with Crippen LogP contribution in [-0.4, -0.2) is 22.6 Å². The van der Waals surface area contributed by atoms with Gasteiger partial charge in [0, 0.05) is 6.54 Å². The zero-order valence-electron chi connectivity index (χ0n) is 7.59. The van der Waals surface area contributed by atoms with Crippen LogP contribution in [0, 0.1) is 5.92 Å². The lowest BCUT2D eigenvalue weighted by molar-refractivity contribution is -0.134. The van der Waals surface area contributed by atoms with E-state index in [1.165, 1.54) is 19.3 Å². The smallest absolute Gasteiger partial charge is 0.356 e. The van der Waals surface area contributed by atoms with E-state index in [9.17, 15) is 4.79 Å². The molecule has 0 aromatic heterocycles. The lowest BCUT2D eigenvalue weighted by Crippen LogP contribution is -2.43. The average molecular weight is 262 g/mol. The summed E-state index contributed by atoms with van der Waals surface area (Å²) < 4.78 is 0.490. The number of halogens is 1. The van der Waals surface area contributed by atoms with Crippen LogP contribution in [0.15, 0.2) is 10.3 Å². The van der Waals surface area contributed by atoms with E-state index >= 15 is 0 Å². The summed E-state index contributed by atoms with van der Waals surface area (Å²) in [4.78, 5) is 10.9. The molecule has 0 aromatic rings. The average Bonchev–Trinajstić information content (AvgIpc) is 2.39. The first-order valence-corrected chi connectivity index (χ1v) is 5.40. The Morgan fingerprint density at radius 2 is 2.36 bits per heavy atom. The number of carboxylic acids is 1. The van der Waals surface area contributed by atoms with E-state index < -0.39 is 5.97 Å². The predicted molar refractivity (Wildman–Crippen MR) is 53.9 cm³/mol. The molecule has 2 rings (SSSR count). The summed E-state index contributed by atoms with van der Waals surface area (Å²) in [6.45, 7) is 0.754. The van der Waals surface area contributed by atoms with Crippen LogP contribution < -0.4 is 11.0 Å². The number of hydrogen-bond acceptors (Lipinski definition) is 4. The number of hydrogen-bond donors (Lipinski definition) is 3. The predicted octanol–water partition coefficient (Wildman–Crippen LogP) is 0.760. The van der Waals surface area contributed by atoms with E-state index in [4.69, 9.17) is 5.11 Å². The Labute approximate surface area is 90.2 Å². The highest BCUT2D eigenvalue weighted by molar-refractivity contribution is 9.11. The van der Waals surface area contributed by atoms with Gasteiger partial charge in [-0.2, -0.15) is 0 Å². The van der Waals surface area contributed by atoms with Gasteiger partial charge in [0.05, 0.1) is 0 Å². The van der Waals surface area contributed by atoms with Gasteiger partial charge < -0.3 is 5.11 Å². The fourth-order valence-corrected chi connectivity index (χ4v) is 2.10. The third kappa shape index (κ3) is 1.72. The maximum Gasteiger partial charge on any atom is 0.356 e. The fraction of sp³-hybridized carbons (Fsp3) is 0.625.